The Bertz CT molecular complexity index is 579. The van der Waals surface area contributed by atoms with Crippen molar-refractivity contribution in [2.45, 2.75) is 13.0 Å². The van der Waals surface area contributed by atoms with Crippen LogP contribution in [0.4, 0.5) is 0 Å². The van der Waals surface area contributed by atoms with Gasteiger partial charge in [-0.25, -0.2) is 0 Å². The van der Waals surface area contributed by atoms with Crippen molar-refractivity contribution in [1.82, 2.24) is 10.3 Å². The SMILES string of the molecule is C/C=C/C=C\C(=O)N[C@H](c1ccccc1)c1ccncc1. The molecule has 0 aliphatic carbocycles. The molecule has 2 aromatic rings. The van der Waals surface area contributed by atoms with Gasteiger partial charge in [-0.05, 0) is 30.2 Å². The van der Waals surface area contributed by atoms with Crippen LogP contribution in [0.25, 0.3) is 0 Å². The molecule has 0 saturated heterocycles. The van der Waals surface area contributed by atoms with Crippen LogP contribution in [0.15, 0.2) is 79.2 Å². The van der Waals surface area contributed by atoms with Gasteiger partial charge in [0.1, 0.15) is 0 Å². The maximum absolute atomic E-state index is 12.0. The average molecular weight is 278 g/mol. The summed E-state index contributed by atoms with van der Waals surface area (Å²) < 4.78 is 0. The summed E-state index contributed by atoms with van der Waals surface area (Å²) in [5, 5.41) is 3.02. The number of hydrogen-bond donors (Lipinski definition) is 1. The molecule has 0 bridgehead atoms. The highest BCUT2D eigenvalue weighted by molar-refractivity contribution is 5.88. The number of carbonyl (C=O) groups excluding carboxylic acids is 1. The molecule has 3 nitrogen and oxygen atoms in total. The molecule has 1 heterocycles. The Kier molecular flexibility index (Phi) is 5.47. The highest BCUT2D eigenvalue weighted by Crippen LogP contribution is 2.21. The second-order valence-corrected chi connectivity index (χ2v) is 4.52. The fraction of sp³-hybridized carbons (Fsp3) is 0.111. The van der Waals surface area contributed by atoms with Gasteiger partial charge in [-0.3, -0.25) is 9.78 Å². The monoisotopic (exact) mass is 278 g/mol. The van der Waals surface area contributed by atoms with Crippen molar-refractivity contribution in [3.05, 3.63) is 90.3 Å². The van der Waals surface area contributed by atoms with E-state index in [2.05, 4.69) is 10.3 Å². The van der Waals surface area contributed by atoms with Crippen molar-refractivity contribution in [2.24, 2.45) is 0 Å². The fourth-order valence-corrected chi connectivity index (χ4v) is 2.00. The van der Waals surface area contributed by atoms with E-state index in [9.17, 15) is 4.79 Å². The first-order valence-electron chi connectivity index (χ1n) is 6.86. The lowest BCUT2D eigenvalue weighted by Crippen LogP contribution is -2.27. The molecule has 1 atom stereocenters. The van der Waals surface area contributed by atoms with Gasteiger partial charge in [-0.15, -0.1) is 0 Å². The molecule has 3 heteroatoms. The molecular weight excluding hydrogens is 260 g/mol. The molecule has 0 saturated carbocycles. The molecule has 0 aliphatic heterocycles. The van der Waals surface area contributed by atoms with E-state index in [0.717, 1.165) is 11.1 Å². The summed E-state index contributed by atoms with van der Waals surface area (Å²) in [5.41, 5.74) is 2.04. The van der Waals surface area contributed by atoms with E-state index < -0.39 is 0 Å². The smallest absolute Gasteiger partial charge is 0.244 e. The lowest BCUT2D eigenvalue weighted by Gasteiger charge is -2.18. The Balaban J connectivity index is 2.23. The first-order valence-corrected chi connectivity index (χ1v) is 6.86. The first-order chi connectivity index (χ1) is 10.3. The number of hydrogen-bond acceptors (Lipinski definition) is 2. The largest absolute Gasteiger partial charge is 0.342 e. The maximum Gasteiger partial charge on any atom is 0.244 e. The molecule has 0 aliphatic rings. The van der Waals surface area contributed by atoms with Gasteiger partial charge in [0.15, 0.2) is 0 Å². The number of carbonyl (C=O) groups is 1. The molecule has 106 valence electrons. The number of pyridine rings is 1. The van der Waals surface area contributed by atoms with Crippen LogP contribution in [-0.2, 0) is 4.79 Å². The number of allylic oxidation sites excluding steroid dienone is 3. The minimum Gasteiger partial charge on any atom is -0.342 e. The third kappa shape index (κ3) is 4.42. The molecule has 0 fully saturated rings. The van der Waals surface area contributed by atoms with Crippen molar-refractivity contribution in [2.75, 3.05) is 0 Å². The van der Waals surface area contributed by atoms with Crippen molar-refractivity contribution < 1.29 is 4.79 Å². The van der Waals surface area contributed by atoms with E-state index in [4.69, 9.17) is 0 Å². The summed E-state index contributed by atoms with van der Waals surface area (Å²) >= 11 is 0. The minimum atomic E-state index is -0.183. The van der Waals surface area contributed by atoms with E-state index in [0.29, 0.717) is 0 Å². The zero-order valence-corrected chi connectivity index (χ0v) is 11.9. The standard InChI is InChI=1S/C18H18N2O/c1-2-3-5-10-17(21)20-18(15-8-6-4-7-9-15)16-11-13-19-14-12-16/h2-14,18H,1H3,(H,20,21)/b3-2+,10-5-/t18-/m1/s1. The Hall–Kier alpha value is -2.68. The van der Waals surface area contributed by atoms with E-state index in [-0.39, 0.29) is 11.9 Å². The predicted octanol–water partition coefficient (Wildman–Crippen LogP) is 3.42. The lowest BCUT2D eigenvalue weighted by atomic mass is 9.99. The molecule has 0 unspecified atom stereocenters. The van der Waals surface area contributed by atoms with Gasteiger partial charge < -0.3 is 5.32 Å². The van der Waals surface area contributed by atoms with Gasteiger partial charge >= 0.3 is 0 Å². The van der Waals surface area contributed by atoms with Crippen LogP contribution in [0.2, 0.25) is 0 Å². The quantitative estimate of drug-likeness (QED) is 0.672. The fourth-order valence-electron chi connectivity index (χ4n) is 2.00. The molecule has 0 radical (unpaired) electrons. The van der Waals surface area contributed by atoms with E-state index >= 15 is 0 Å². The average Bonchev–Trinajstić information content (AvgIpc) is 2.54. The zero-order valence-electron chi connectivity index (χ0n) is 11.9. The van der Waals surface area contributed by atoms with E-state index in [1.165, 1.54) is 6.08 Å². The minimum absolute atomic E-state index is 0.126. The van der Waals surface area contributed by atoms with Gasteiger partial charge in [0.25, 0.3) is 0 Å². The van der Waals surface area contributed by atoms with Crippen molar-refractivity contribution in [3.63, 3.8) is 0 Å². The molecule has 2 rings (SSSR count). The third-order valence-corrected chi connectivity index (χ3v) is 3.01. The predicted molar refractivity (Wildman–Crippen MR) is 84.6 cm³/mol. The number of amides is 1. The van der Waals surface area contributed by atoms with Gasteiger partial charge in [0.2, 0.25) is 5.91 Å². The first kappa shape index (κ1) is 14.7. The summed E-state index contributed by atoms with van der Waals surface area (Å²) in [6.45, 7) is 1.91. The number of nitrogens with zero attached hydrogens (tertiary/aromatic N) is 1. The molecule has 0 spiro atoms. The Morgan fingerprint density at radius 1 is 1.05 bits per heavy atom. The van der Waals surface area contributed by atoms with Gasteiger partial charge in [0.05, 0.1) is 6.04 Å². The Labute approximate surface area is 125 Å². The van der Waals surface area contributed by atoms with E-state index in [1.807, 2.05) is 61.5 Å². The topological polar surface area (TPSA) is 42.0 Å². The molecule has 1 aromatic carbocycles. The molecular formula is C18H18N2O. The van der Waals surface area contributed by atoms with Crippen LogP contribution in [0.1, 0.15) is 24.1 Å². The summed E-state index contributed by atoms with van der Waals surface area (Å²) in [6.07, 6.45) is 10.4. The van der Waals surface area contributed by atoms with Crippen molar-refractivity contribution in [1.29, 1.82) is 0 Å². The van der Waals surface area contributed by atoms with Crippen molar-refractivity contribution >= 4 is 5.91 Å². The van der Waals surface area contributed by atoms with Crippen LogP contribution >= 0.6 is 0 Å². The molecule has 1 amide bonds. The molecule has 1 N–H and O–H groups in total. The second-order valence-electron chi connectivity index (χ2n) is 4.52. The van der Waals surface area contributed by atoms with Crippen LogP contribution < -0.4 is 5.32 Å². The van der Waals surface area contributed by atoms with Gasteiger partial charge in [0, 0.05) is 18.5 Å². The van der Waals surface area contributed by atoms with Crippen LogP contribution in [0.5, 0.6) is 0 Å². The lowest BCUT2D eigenvalue weighted by molar-refractivity contribution is -0.117. The normalized spacial score (nSPS) is 12.6. The summed E-state index contributed by atoms with van der Waals surface area (Å²) in [4.78, 5) is 16.1. The highest BCUT2D eigenvalue weighted by atomic mass is 16.1. The third-order valence-electron chi connectivity index (χ3n) is 3.01. The summed E-state index contributed by atoms with van der Waals surface area (Å²) in [7, 11) is 0. The molecule has 21 heavy (non-hydrogen) atoms. The number of benzene rings is 1. The Morgan fingerprint density at radius 3 is 2.38 bits per heavy atom. The number of nitrogens with one attached hydrogen (secondary N) is 1. The number of aromatic nitrogens is 1. The van der Waals surface area contributed by atoms with Crippen LogP contribution in [0.3, 0.4) is 0 Å². The van der Waals surface area contributed by atoms with Crippen LogP contribution in [0, 0.1) is 0 Å². The zero-order chi connectivity index (χ0) is 14.9. The van der Waals surface area contributed by atoms with E-state index in [1.54, 1.807) is 18.5 Å². The summed E-state index contributed by atoms with van der Waals surface area (Å²) in [6, 6.07) is 13.5. The Morgan fingerprint density at radius 2 is 1.71 bits per heavy atom. The highest BCUT2D eigenvalue weighted by Gasteiger charge is 2.15. The van der Waals surface area contributed by atoms with Crippen LogP contribution in [-0.4, -0.2) is 10.9 Å². The summed E-state index contributed by atoms with van der Waals surface area (Å²) in [5.74, 6) is -0.126. The number of rotatable bonds is 5. The van der Waals surface area contributed by atoms with Gasteiger partial charge in [-0.1, -0.05) is 48.6 Å². The van der Waals surface area contributed by atoms with Gasteiger partial charge in [-0.2, -0.15) is 0 Å². The second kappa shape index (κ2) is 7.80. The van der Waals surface area contributed by atoms with Crippen molar-refractivity contribution in [3.8, 4) is 0 Å². The maximum atomic E-state index is 12.0. The molecule has 1 aromatic heterocycles.